The fourth-order valence-corrected chi connectivity index (χ4v) is 5.34. The normalized spacial score (nSPS) is 34.2. The van der Waals surface area contributed by atoms with Crippen LogP contribution in [0.5, 0.6) is 0 Å². The van der Waals surface area contributed by atoms with Crippen LogP contribution >= 0.6 is 11.6 Å². The van der Waals surface area contributed by atoms with E-state index in [1.54, 1.807) is 24.3 Å². The maximum atomic E-state index is 12.8. The SMILES string of the molecule is O=C(CN1C(=O)[C@@H]2[C@H]3C=C[C@@H]([C@@H]4C[C@@H]34)[C@@H]2C1=O)OCC(=O)c1ccc(Cl)cc1. The number of amides is 2. The van der Waals surface area contributed by atoms with E-state index in [0.717, 1.165) is 11.3 Å². The van der Waals surface area contributed by atoms with Crippen LogP contribution in [0.3, 0.4) is 0 Å². The first-order valence-electron chi connectivity index (χ1n) is 9.43. The molecule has 0 spiro atoms. The van der Waals surface area contributed by atoms with E-state index in [2.05, 4.69) is 12.2 Å². The van der Waals surface area contributed by atoms with Gasteiger partial charge in [0, 0.05) is 10.6 Å². The van der Waals surface area contributed by atoms with Crippen molar-refractivity contribution in [3.8, 4) is 0 Å². The zero-order chi connectivity index (χ0) is 19.6. The predicted octanol–water partition coefficient (Wildman–Crippen LogP) is 2.12. The average Bonchev–Trinajstić information content (AvgIpc) is 3.48. The molecule has 5 aliphatic rings. The number of ketones is 1. The van der Waals surface area contributed by atoms with Gasteiger partial charge in [0.25, 0.3) is 0 Å². The number of allylic oxidation sites excluding steroid dienone is 2. The van der Waals surface area contributed by atoms with E-state index in [0.29, 0.717) is 22.4 Å². The summed E-state index contributed by atoms with van der Waals surface area (Å²) in [6.07, 6.45) is 5.25. The largest absolute Gasteiger partial charge is 0.456 e. The molecule has 1 saturated heterocycles. The zero-order valence-electron chi connectivity index (χ0n) is 14.9. The maximum absolute atomic E-state index is 12.8. The molecule has 0 radical (unpaired) electrons. The lowest BCUT2D eigenvalue weighted by atomic mass is 9.63. The van der Waals surface area contributed by atoms with Gasteiger partial charge in [0.15, 0.2) is 12.4 Å². The van der Waals surface area contributed by atoms with Crippen molar-refractivity contribution in [2.24, 2.45) is 35.5 Å². The smallest absolute Gasteiger partial charge is 0.326 e. The van der Waals surface area contributed by atoms with Crippen molar-refractivity contribution in [3.05, 3.63) is 47.0 Å². The topological polar surface area (TPSA) is 80.8 Å². The zero-order valence-corrected chi connectivity index (χ0v) is 15.7. The van der Waals surface area contributed by atoms with Crippen LogP contribution in [0.2, 0.25) is 5.02 Å². The van der Waals surface area contributed by atoms with Crippen molar-refractivity contribution in [1.82, 2.24) is 4.90 Å². The van der Waals surface area contributed by atoms with Crippen molar-refractivity contribution >= 4 is 35.2 Å². The van der Waals surface area contributed by atoms with Crippen molar-refractivity contribution in [3.63, 3.8) is 0 Å². The third-order valence-corrected chi connectivity index (χ3v) is 6.82. The summed E-state index contributed by atoms with van der Waals surface area (Å²) >= 11 is 5.78. The van der Waals surface area contributed by atoms with Crippen LogP contribution in [0.4, 0.5) is 0 Å². The molecule has 6 rings (SSSR count). The Morgan fingerprint density at radius 2 is 1.57 bits per heavy atom. The number of hydrogen-bond donors (Lipinski definition) is 0. The molecule has 28 heavy (non-hydrogen) atoms. The Hall–Kier alpha value is -2.47. The van der Waals surface area contributed by atoms with E-state index in [1.807, 2.05) is 0 Å². The van der Waals surface area contributed by atoms with E-state index in [4.69, 9.17) is 16.3 Å². The molecule has 1 aliphatic heterocycles. The Kier molecular flexibility index (Phi) is 3.95. The van der Waals surface area contributed by atoms with Gasteiger partial charge in [0.1, 0.15) is 6.54 Å². The van der Waals surface area contributed by atoms with E-state index in [-0.39, 0.29) is 41.3 Å². The van der Waals surface area contributed by atoms with Crippen LogP contribution in [-0.2, 0) is 19.1 Å². The molecule has 144 valence electrons. The number of imide groups is 1. The summed E-state index contributed by atoms with van der Waals surface area (Å²) in [5, 5.41) is 0.502. The van der Waals surface area contributed by atoms with Gasteiger partial charge < -0.3 is 4.74 Å². The number of rotatable bonds is 5. The molecule has 2 bridgehead atoms. The first-order chi connectivity index (χ1) is 13.5. The summed E-state index contributed by atoms with van der Waals surface area (Å²) in [5.74, 6) is -1.11. The number of Topliss-reactive ketones (excluding diaryl/α,β-unsaturated/α-hetero) is 1. The number of benzene rings is 1. The van der Waals surface area contributed by atoms with E-state index < -0.39 is 19.1 Å². The number of ether oxygens (including phenoxy) is 1. The summed E-state index contributed by atoms with van der Waals surface area (Å²) in [7, 11) is 0. The molecule has 6 atom stereocenters. The number of carbonyl (C=O) groups excluding carboxylic acids is 4. The monoisotopic (exact) mass is 399 g/mol. The lowest BCUT2D eigenvalue weighted by Crippen LogP contribution is -2.40. The minimum atomic E-state index is -0.756. The van der Waals surface area contributed by atoms with Crippen LogP contribution in [0.25, 0.3) is 0 Å². The third kappa shape index (κ3) is 2.62. The van der Waals surface area contributed by atoms with Gasteiger partial charge in [-0.3, -0.25) is 24.1 Å². The molecule has 7 heteroatoms. The molecule has 0 N–H and O–H groups in total. The Bertz CT molecular complexity index is 887. The van der Waals surface area contributed by atoms with Gasteiger partial charge >= 0.3 is 5.97 Å². The van der Waals surface area contributed by atoms with Crippen molar-refractivity contribution in [1.29, 1.82) is 0 Å². The molecule has 6 nitrogen and oxygen atoms in total. The molecule has 4 aliphatic carbocycles. The van der Waals surface area contributed by atoms with Gasteiger partial charge in [0.05, 0.1) is 11.8 Å². The van der Waals surface area contributed by atoms with Gasteiger partial charge in [0.2, 0.25) is 11.8 Å². The third-order valence-electron chi connectivity index (χ3n) is 6.57. The first kappa shape index (κ1) is 17.6. The lowest BCUT2D eigenvalue weighted by Gasteiger charge is -2.37. The molecule has 1 aromatic carbocycles. The molecule has 2 saturated carbocycles. The molecule has 1 heterocycles. The maximum Gasteiger partial charge on any atom is 0.326 e. The van der Waals surface area contributed by atoms with Gasteiger partial charge in [-0.2, -0.15) is 0 Å². The highest BCUT2D eigenvalue weighted by Crippen LogP contribution is 2.65. The molecule has 0 aromatic heterocycles. The van der Waals surface area contributed by atoms with Crippen LogP contribution in [0.1, 0.15) is 16.8 Å². The highest BCUT2D eigenvalue weighted by molar-refractivity contribution is 6.30. The molecule has 1 aromatic rings. The summed E-state index contributed by atoms with van der Waals surface area (Å²) in [6.45, 7) is -0.881. The van der Waals surface area contributed by atoms with Gasteiger partial charge in [-0.1, -0.05) is 23.8 Å². The first-order valence-corrected chi connectivity index (χ1v) is 9.81. The summed E-state index contributed by atoms with van der Waals surface area (Å²) < 4.78 is 5.02. The number of nitrogens with zero attached hydrogens (tertiary/aromatic N) is 1. The standard InChI is InChI=1S/C21H18ClNO5/c22-11-3-1-10(2-4-11)16(24)9-28-17(25)8-23-20(26)18-12-5-6-13(15-7-14(12)15)19(18)21(23)27/h1-6,12-15,18-19H,7-9H2/t12-,13-,14-,15-,18-,19+/m0/s1. The fraction of sp³-hybridized carbons (Fsp3) is 0.429. The highest BCUT2D eigenvalue weighted by atomic mass is 35.5. The average molecular weight is 400 g/mol. The lowest BCUT2D eigenvalue weighted by molar-refractivity contribution is -0.152. The quantitative estimate of drug-likeness (QED) is 0.328. The number of carbonyl (C=O) groups is 4. The summed E-state index contributed by atoms with van der Waals surface area (Å²) in [5.41, 5.74) is 0.374. The second kappa shape index (κ2) is 6.27. The predicted molar refractivity (Wildman–Crippen MR) is 98.2 cm³/mol. The Morgan fingerprint density at radius 3 is 2.14 bits per heavy atom. The minimum absolute atomic E-state index is 0.115. The Morgan fingerprint density at radius 1 is 1.00 bits per heavy atom. The van der Waals surface area contributed by atoms with E-state index >= 15 is 0 Å². The van der Waals surface area contributed by atoms with E-state index in [1.165, 1.54) is 0 Å². The van der Waals surface area contributed by atoms with Gasteiger partial charge in [-0.25, -0.2) is 0 Å². The number of halogens is 1. The second-order valence-electron chi connectivity index (χ2n) is 8.01. The molecular formula is C21H18ClNO5. The van der Waals surface area contributed by atoms with Crippen LogP contribution < -0.4 is 0 Å². The van der Waals surface area contributed by atoms with Crippen LogP contribution in [0.15, 0.2) is 36.4 Å². The van der Waals surface area contributed by atoms with Crippen LogP contribution in [0, 0.1) is 35.5 Å². The van der Waals surface area contributed by atoms with E-state index in [9.17, 15) is 19.2 Å². The van der Waals surface area contributed by atoms with Gasteiger partial charge in [-0.15, -0.1) is 0 Å². The fourth-order valence-electron chi connectivity index (χ4n) is 5.21. The molecule has 2 amide bonds. The molecule has 0 unspecified atom stereocenters. The summed E-state index contributed by atoms with van der Waals surface area (Å²) in [4.78, 5) is 50.9. The Labute approximate surface area is 166 Å². The number of likely N-dealkylation sites (tertiary alicyclic amines) is 1. The second-order valence-corrected chi connectivity index (χ2v) is 8.44. The minimum Gasteiger partial charge on any atom is -0.456 e. The summed E-state index contributed by atoms with van der Waals surface area (Å²) in [6, 6.07) is 6.25. The molecule has 3 fully saturated rings. The van der Waals surface area contributed by atoms with Crippen molar-refractivity contribution in [2.45, 2.75) is 6.42 Å². The van der Waals surface area contributed by atoms with Gasteiger partial charge in [-0.05, 0) is 54.4 Å². The highest BCUT2D eigenvalue weighted by Gasteiger charge is 2.67. The van der Waals surface area contributed by atoms with Crippen LogP contribution in [-0.4, -0.2) is 41.6 Å². The number of hydrogen-bond acceptors (Lipinski definition) is 5. The van der Waals surface area contributed by atoms with Crippen molar-refractivity contribution in [2.75, 3.05) is 13.2 Å². The molecular weight excluding hydrogens is 382 g/mol. The Balaban J connectivity index is 1.21. The number of esters is 1. The van der Waals surface area contributed by atoms with Crippen molar-refractivity contribution < 1.29 is 23.9 Å².